The molecule has 0 spiro atoms. The van der Waals surface area contributed by atoms with E-state index < -0.39 is 6.64 Å². The molecule has 3 nitrogen and oxygen atoms in total. The normalized spacial score (nSPS) is 18.0. The number of anilines is 1. The first-order chi connectivity index (χ1) is 14.5. The molecule has 0 aromatic heterocycles. The Bertz CT molecular complexity index is 1280. The highest BCUT2D eigenvalue weighted by atomic mass is 79.9. The van der Waals surface area contributed by atoms with E-state index >= 15 is 0 Å². The summed E-state index contributed by atoms with van der Waals surface area (Å²) in [5, 5.41) is 2.97. The number of halogens is 2. The molecule has 1 aliphatic rings. The molecule has 0 bridgehead atoms. The molecule has 4 aromatic rings. The molecular weight excluding hydrogens is 501 g/mol. The van der Waals surface area contributed by atoms with Crippen molar-refractivity contribution in [2.75, 3.05) is 4.67 Å². The molecule has 0 aliphatic carbocycles. The van der Waals surface area contributed by atoms with Crippen LogP contribution in [-0.2, 0) is 18.4 Å². The van der Waals surface area contributed by atoms with Crippen LogP contribution < -0.4 is 13.7 Å². The first kappa shape index (κ1) is 19.9. The predicted octanol–water partition coefficient (Wildman–Crippen LogP) is 7.96. The Balaban J connectivity index is 1.63. The topological polar surface area (TPSA) is 21.7 Å². The zero-order valence-corrected chi connectivity index (χ0v) is 19.7. The summed E-state index contributed by atoms with van der Waals surface area (Å²) < 4.78 is 15.8. The van der Waals surface area contributed by atoms with Crippen molar-refractivity contribution in [3.05, 3.63) is 100.0 Å². The first-order valence-electron chi connectivity index (χ1n) is 9.31. The molecule has 0 N–H and O–H groups in total. The third-order valence-corrected chi connectivity index (χ3v) is 8.63. The number of benzene rings is 4. The van der Waals surface area contributed by atoms with Gasteiger partial charge in [0.25, 0.3) is 0 Å². The van der Waals surface area contributed by atoms with Crippen molar-refractivity contribution in [1.29, 1.82) is 0 Å². The van der Waals surface area contributed by atoms with Gasteiger partial charge in [-0.25, -0.2) is 0 Å². The Morgan fingerprint density at radius 1 is 0.933 bits per heavy atom. The molecule has 1 aliphatic heterocycles. The van der Waals surface area contributed by atoms with Crippen molar-refractivity contribution in [1.82, 2.24) is 0 Å². The average Bonchev–Trinajstić information content (AvgIpc) is 2.75. The molecule has 0 radical (unpaired) electrons. The lowest BCUT2D eigenvalue weighted by molar-refractivity contribution is 0.465. The van der Waals surface area contributed by atoms with Gasteiger partial charge in [-0.3, -0.25) is 4.67 Å². The second kappa shape index (κ2) is 7.90. The smallest absolute Gasteiger partial charge is 0.395 e. The number of hydrogen-bond acceptors (Lipinski definition) is 3. The summed E-state index contributed by atoms with van der Waals surface area (Å²) in [6.45, 7) is -2.30. The maximum atomic E-state index is 6.44. The Morgan fingerprint density at radius 3 is 2.43 bits per heavy atom. The number of rotatable bonds is 3. The molecule has 0 fully saturated rings. The van der Waals surface area contributed by atoms with Crippen LogP contribution in [0.15, 0.2) is 89.4 Å². The number of fused-ring (bicyclic) bond motifs is 3. The van der Waals surface area contributed by atoms with Crippen molar-refractivity contribution in [3.63, 3.8) is 0 Å². The molecule has 1 heterocycles. The molecule has 5 rings (SSSR count). The summed E-state index contributed by atoms with van der Waals surface area (Å²) >= 11 is 15.6. The predicted molar refractivity (Wildman–Crippen MR) is 131 cm³/mol. The lowest BCUT2D eigenvalue weighted by Crippen LogP contribution is -2.29. The summed E-state index contributed by atoms with van der Waals surface area (Å²) in [6.07, 6.45) is 0. The van der Waals surface area contributed by atoms with E-state index in [9.17, 15) is 0 Å². The Kier molecular flexibility index (Phi) is 5.24. The molecule has 0 saturated carbocycles. The van der Waals surface area contributed by atoms with Crippen LogP contribution in [0.1, 0.15) is 5.56 Å². The van der Waals surface area contributed by atoms with E-state index in [0.29, 0.717) is 17.3 Å². The van der Waals surface area contributed by atoms with Crippen LogP contribution in [0.5, 0.6) is 11.5 Å². The van der Waals surface area contributed by atoms with Crippen molar-refractivity contribution in [3.8, 4) is 11.5 Å². The third-order valence-electron chi connectivity index (χ3n) is 4.97. The minimum absolute atomic E-state index is 0.600. The summed E-state index contributed by atoms with van der Waals surface area (Å²) in [5.74, 6) is 1.41. The van der Waals surface area contributed by atoms with Crippen molar-refractivity contribution in [2.24, 2.45) is 0 Å². The van der Waals surface area contributed by atoms with Crippen molar-refractivity contribution >= 4 is 62.4 Å². The third kappa shape index (κ3) is 3.72. The van der Waals surface area contributed by atoms with E-state index in [1.165, 1.54) is 5.39 Å². The van der Waals surface area contributed by atoms with E-state index in [4.69, 9.17) is 32.5 Å². The highest BCUT2D eigenvalue weighted by molar-refractivity contribution is 9.10. The molecule has 0 amide bonds. The first-order valence-corrected chi connectivity index (χ1v) is 13.1. The van der Waals surface area contributed by atoms with Gasteiger partial charge in [-0.1, -0.05) is 57.9 Å². The summed E-state index contributed by atoms with van der Waals surface area (Å²) in [6, 6.07) is 27.6. The minimum atomic E-state index is -2.90. The second-order valence-corrected chi connectivity index (χ2v) is 11.4. The van der Waals surface area contributed by atoms with Crippen LogP contribution in [0.3, 0.4) is 0 Å². The summed E-state index contributed by atoms with van der Waals surface area (Å²) in [5.41, 5.74) is 2.06. The highest BCUT2D eigenvalue weighted by Crippen LogP contribution is 2.59. The zero-order chi connectivity index (χ0) is 20.7. The zero-order valence-electron chi connectivity index (χ0n) is 15.7. The Labute approximate surface area is 193 Å². The van der Waals surface area contributed by atoms with Gasteiger partial charge < -0.3 is 9.05 Å². The van der Waals surface area contributed by atoms with Gasteiger partial charge in [-0.2, -0.15) is 0 Å². The lowest BCUT2D eigenvalue weighted by atomic mass is 10.0. The van der Waals surface area contributed by atoms with Gasteiger partial charge in [0.1, 0.15) is 11.5 Å². The largest absolute Gasteiger partial charge is 0.420 e. The van der Waals surface area contributed by atoms with Crippen LogP contribution in [0.2, 0.25) is 5.02 Å². The maximum Gasteiger partial charge on any atom is 0.395 e. The summed E-state index contributed by atoms with van der Waals surface area (Å²) in [4.78, 5) is 0. The van der Waals surface area contributed by atoms with Crippen LogP contribution in [0.4, 0.5) is 5.69 Å². The van der Waals surface area contributed by atoms with Crippen LogP contribution in [0.25, 0.3) is 10.8 Å². The standard InChI is InChI=1S/C23H16BrClNO2PS/c24-17-6-10-19(11-7-17)26-15-22-21-4-2-1-3-16(21)5-14-23(22)28-29(26,30)27-20-12-8-18(25)9-13-20/h1-14H,15H2. The monoisotopic (exact) mass is 515 g/mol. The van der Waals surface area contributed by atoms with Crippen molar-refractivity contribution in [2.45, 2.75) is 6.54 Å². The number of hydrogen-bond donors (Lipinski definition) is 0. The Morgan fingerprint density at radius 2 is 1.67 bits per heavy atom. The lowest BCUT2D eigenvalue weighted by Gasteiger charge is -2.39. The van der Waals surface area contributed by atoms with Gasteiger partial charge in [-0.15, -0.1) is 0 Å². The molecule has 7 heteroatoms. The van der Waals surface area contributed by atoms with Gasteiger partial charge in [0.05, 0.1) is 6.54 Å². The quantitative estimate of drug-likeness (QED) is 0.258. The molecule has 0 saturated heterocycles. The van der Waals surface area contributed by atoms with Gasteiger partial charge >= 0.3 is 6.64 Å². The van der Waals surface area contributed by atoms with E-state index in [1.807, 2.05) is 54.6 Å². The Hall–Kier alpha value is -2.04. The maximum absolute atomic E-state index is 6.44. The molecule has 4 aromatic carbocycles. The van der Waals surface area contributed by atoms with E-state index in [1.54, 1.807) is 12.1 Å². The van der Waals surface area contributed by atoms with Gasteiger partial charge in [0, 0.05) is 32.6 Å². The fraction of sp³-hybridized carbons (Fsp3) is 0.0435. The second-order valence-electron chi connectivity index (χ2n) is 6.90. The van der Waals surface area contributed by atoms with Crippen LogP contribution in [-0.4, -0.2) is 0 Å². The molecule has 1 unspecified atom stereocenters. The van der Waals surface area contributed by atoms with E-state index in [2.05, 4.69) is 38.8 Å². The molecule has 1 atom stereocenters. The SMILES string of the molecule is S=P1(Oc2ccc(Cl)cc2)Oc2ccc3ccccc3c2CN1c1ccc(Br)cc1. The number of nitrogens with zero attached hydrogens (tertiary/aromatic N) is 1. The van der Waals surface area contributed by atoms with Gasteiger partial charge in [0.2, 0.25) is 0 Å². The van der Waals surface area contributed by atoms with Gasteiger partial charge in [0.15, 0.2) is 0 Å². The van der Waals surface area contributed by atoms with E-state index in [-0.39, 0.29) is 0 Å². The fourth-order valence-electron chi connectivity index (χ4n) is 3.52. The van der Waals surface area contributed by atoms with Crippen LogP contribution in [0, 0.1) is 0 Å². The van der Waals surface area contributed by atoms with Crippen LogP contribution >= 0.6 is 34.2 Å². The molecular formula is C23H16BrClNO2PS. The fourth-order valence-corrected chi connectivity index (χ4v) is 6.64. The average molecular weight is 517 g/mol. The summed E-state index contributed by atoms with van der Waals surface area (Å²) in [7, 11) is 0. The molecule has 150 valence electrons. The highest BCUT2D eigenvalue weighted by Gasteiger charge is 2.38. The van der Waals surface area contributed by atoms with E-state index in [0.717, 1.165) is 26.9 Å². The molecule has 30 heavy (non-hydrogen) atoms. The van der Waals surface area contributed by atoms with Crippen molar-refractivity contribution < 1.29 is 9.05 Å². The van der Waals surface area contributed by atoms with Gasteiger partial charge in [-0.05, 0) is 65.4 Å². The minimum Gasteiger partial charge on any atom is -0.420 e.